The molecule has 1 amide bonds. The minimum Gasteiger partial charge on any atom is -0.486 e. The fraction of sp³-hybridized carbons (Fsp3) is 0.444. The van der Waals surface area contributed by atoms with E-state index in [2.05, 4.69) is 9.88 Å². The van der Waals surface area contributed by atoms with Crippen LogP contribution in [0.1, 0.15) is 17.6 Å². The molecule has 0 spiro atoms. The lowest BCUT2D eigenvalue weighted by Crippen LogP contribution is -2.48. The van der Waals surface area contributed by atoms with Crippen molar-refractivity contribution in [1.29, 1.82) is 0 Å². The number of nitrogens with zero attached hydrogens (tertiary/aromatic N) is 3. The minimum absolute atomic E-state index is 0.235. The van der Waals surface area contributed by atoms with Crippen LogP contribution < -0.4 is 4.74 Å². The second kappa shape index (κ2) is 8.95. The predicted molar refractivity (Wildman–Crippen MR) is 96.7 cm³/mol. The zero-order chi connectivity index (χ0) is 18.4. The summed E-state index contributed by atoms with van der Waals surface area (Å²) in [6.07, 6.45) is -0.235. The van der Waals surface area contributed by atoms with Gasteiger partial charge >= 0.3 is 6.09 Å². The van der Waals surface area contributed by atoms with Crippen molar-refractivity contribution < 1.29 is 18.7 Å². The minimum atomic E-state index is -0.281. The van der Waals surface area contributed by atoms with E-state index in [1.165, 1.54) is 12.1 Å². The van der Waals surface area contributed by atoms with Gasteiger partial charge in [0.15, 0.2) is 0 Å². The molecule has 0 unspecified atom stereocenters. The van der Waals surface area contributed by atoms with Gasteiger partial charge in [-0.2, -0.15) is 0 Å². The zero-order valence-corrected chi connectivity index (χ0v) is 15.5. The summed E-state index contributed by atoms with van der Waals surface area (Å²) >= 11 is 1.55. The van der Waals surface area contributed by atoms with Crippen molar-refractivity contribution in [2.45, 2.75) is 20.1 Å². The van der Waals surface area contributed by atoms with Crippen LogP contribution in [0.2, 0.25) is 0 Å². The third-order valence-electron chi connectivity index (χ3n) is 4.06. The van der Waals surface area contributed by atoms with Gasteiger partial charge in [-0.25, -0.2) is 14.2 Å². The molecule has 1 aliphatic heterocycles. The Morgan fingerprint density at radius 1 is 1.23 bits per heavy atom. The first-order chi connectivity index (χ1) is 12.6. The number of carbonyl (C=O) groups is 1. The molecule has 8 heteroatoms. The molecule has 26 heavy (non-hydrogen) atoms. The number of piperazine rings is 1. The molecule has 1 aromatic carbocycles. The molecule has 0 radical (unpaired) electrons. The van der Waals surface area contributed by atoms with Gasteiger partial charge in [0, 0.05) is 38.1 Å². The summed E-state index contributed by atoms with van der Waals surface area (Å²) in [5.41, 5.74) is 0.997. The van der Waals surface area contributed by atoms with E-state index >= 15 is 0 Å². The summed E-state index contributed by atoms with van der Waals surface area (Å²) in [7, 11) is 0. The van der Waals surface area contributed by atoms with Crippen LogP contribution >= 0.6 is 11.3 Å². The molecule has 6 nitrogen and oxygen atoms in total. The van der Waals surface area contributed by atoms with Crippen molar-refractivity contribution >= 4 is 17.4 Å². The number of carbonyl (C=O) groups excluding carboxylic acids is 1. The quantitative estimate of drug-likeness (QED) is 0.772. The first-order valence-electron chi connectivity index (χ1n) is 8.59. The Bertz CT molecular complexity index is 715. The topological polar surface area (TPSA) is 54.9 Å². The van der Waals surface area contributed by atoms with Gasteiger partial charge in [-0.1, -0.05) is 0 Å². The van der Waals surface area contributed by atoms with E-state index < -0.39 is 0 Å². The number of rotatable bonds is 6. The van der Waals surface area contributed by atoms with Crippen LogP contribution in [-0.4, -0.2) is 53.7 Å². The molecule has 0 bridgehead atoms. The molecule has 0 saturated carbocycles. The number of amides is 1. The lowest BCUT2D eigenvalue weighted by atomic mass is 10.3. The first-order valence-corrected chi connectivity index (χ1v) is 9.47. The normalized spacial score (nSPS) is 15.1. The lowest BCUT2D eigenvalue weighted by Gasteiger charge is -2.33. The van der Waals surface area contributed by atoms with E-state index in [1.54, 1.807) is 28.4 Å². The van der Waals surface area contributed by atoms with Crippen LogP contribution in [0, 0.1) is 5.82 Å². The lowest BCUT2D eigenvalue weighted by molar-refractivity contribution is 0.0775. The molecular formula is C18H22FN3O3S. The van der Waals surface area contributed by atoms with Crippen molar-refractivity contribution in [2.24, 2.45) is 0 Å². The molecule has 0 N–H and O–H groups in total. The molecule has 1 aromatic heterocycles. The molecule has 1 saturated heterocycles. The highest BCUT2D eigenvalue weighted by molar-refractivity contribution is 7.09. The summed E-state index contributed by atoms with van der Waals surface area (Å²) in [5.74, 6) is 0.343. The molecule has 140 valence electrons. The highest BCUT2D eigenvalue weighted by Crippen LogP contribution is 2.17. The monoisotopic (exact) mass is 379 g/mol. The molecule has 3 rings (SSSR count). The highest BCUT2D eigenvalue weighted by Gasteiger charge is 2.22. The van der Waals surface area contributed by atoms with Crippen LogP contribution in [0.5, 0.6) is 5.75 Å². The zero-order valence-electron chi connectivity index (χ0n) is 14.7. The van der Waals surface area contributed by atoms with Crippen LogP contribution in [0.3, 0.4) is 0 Å². The van der Waals surface area contributed by atoms with E-state index in [1.807, 2.05) is 12.3 Å². The summed E-state index contributed by atoms with van der Waals surface area (Å²) in [5, 5.41) is 2.91. The van der Waals surface area contributed by atoms with E-state index in [0.29, 0.717) is 32.1 Å². The fourth-order valence-electron chi connectivity index (χ4n) is 2.70. The fourth-order valence-corrected chi connectivity index (χ4v) is 3.39. The Kier molecular flexibility index (Phi) is 6.40. The Balaban J connectivity index is 1.44. The SMILES string of the molecule is CCOC(=O)N1CCN(Cc2csc(COc3ccc(F)cc3)n2)CC1. The molecular weight excluding hydrogens is 357 g/mol. The number of hydrogen-bond donors (Lipinski definition) is 0. The van der Waals surface area contributed by atoms with Crippen molar-refractivity contribution in [3.05, 3.63) is 46.2 Å². The number of benzene rings is 1. The van der Waals surface area contributed by atoms with E-state index in [-0.39, 0.29) is 11.9 Å². The van der Waals surface area contributed by atoms with Gasteiger partial charge in [-0.15, -0.1) is 11.3 Å². The van der Waals surface area contributed by atoms with Gasteiger partial charge in [0.05, 0.1) is 12.3 Å². The second-order valence-corrected chi connectivity index (χ2v) is 6.88. The third-order valence-corrected chi connectivity index (χ3v) is 4.93. The third kappa shape index (κ3) is 5.15. The van der Waals surface area contributed by atoms with Crippen molar-refractivity contribution in [3.8, 4) is 5.75 Å². The molecule has 1 fully saturated rings. The summed E-state index contributed by atoms with van der Waals surface area (Å²) in [6.45, 7) is 6.29. The number of thiazole rings is 1. The second-order valence-electron chi connectivity index (χ2n) is 5.94. The Labute approximate surface area is 156 Å². The van der Waals surface area contributed by atoms with Crippen molar-refractivity contribution in [1.82, 2.24) is 14.8 Å². The van der Waals surface area contributed by atoms with E-state index in [0.717, 1.165) is 30.3 Å². The van der Waals surface area contributed by atoms with Crippen LogP contribution in [0.25, 0.3) is 0 Å². The maximum atomic E-state index is 12.9. The van der Waals surface area contributed by atoms with Gasteiger partial charge in [0.1, 0.15) is 23.2 Å². The van der Waals surface area contributed by atoms with Gasteiger partial charge in [0.25, 0.3) is 0 Å². The number of ether oxygens (including phenoxy) is 2. The first kappa shape index (κ1) is 18.6. The van der Waals surface area contributed by atoms with E-state index in [9.17, 15) is 9.18 Å². The van der Waals surface area contributed by atoms with Crippen LogP contribution in [-0.2, 0) is 17.9 Å². The van der Waals surface area contributed by atoms with Crippen LogP contribution in [0.4, 0.5) is 9.18 Å². The van der Waals surface area contributed by atoms with Crippen molar-refractivity contribution in [3.63, 3.8) is 0 Å². The maximum absolute atomic E-state index is 12.9. The summed E-state index contributed by atoms with van der Waals surface area (Å²) in [6, 6.07) is 5.96. The van der Waals surface area contributed by atoms with Crippen LogP contribution in [0.15, 0.2) is 29.6 Å². The van der Waals surface area contributed by atoms with Gasteiger partial charge in [0.2, 0.25) is 0 Å². The molecule has 2 heterocycles. The molecule has 0 atom stereocenters. The van der Waals surface area contributed by atoms with Crippen molar-refractivity contribution in [2.75, 3.05) is 32.8 Å². The largest absolute Gasteiger partial charge is 0.486 e. The Morgan fingerprint density at radius 3 is 2.65 bits per heavy atom. The predicted octanol–water partition coefficient (Wildman–Crippen LogP) is 3.14. The molecule has 2 aromatic rings. The number of halogens is 1. The Hall–Kier alpha value is -2.19. The average molecular weight is 379 g/mol. The van der Waals surface area contributed by atoms with Gasteiger partial charge in [-0.3, -0.25) is 4.90 Å². The summed E-state index contributed by atoms with van der Waals surface area (Å²) in [4.78, 5) is 20.3. The van der Waals surface area contributed by atoms with Gasteiger partial charge < -0.3 is 14.4 Å². The van der Waals surface area contributed by atoms with E-state index in [4.69, 9.17) is 9.47 Å². The Morgan fingerprint density at radius 2 is 1.96 bits per heavy atom. The number of aromatic nitrogens is 1. The van der Waals surface area contributed by atoms with Gasteiger partial charge in [-0.05, 0) is 31.2 Å². The molecule has 1 aliphatic rings. The average Bonchev–Trinajstić information content (AvgIpc) is 3.09. The highest BCUT2D eigenvalue weighted by atomic mass is 32.1. The standard InChI is InChI=1S/C18H22FN3O3S/c1-2-24-18(23)22-9-7-21(8-10-22)11-15-13-26-17(20-15)12-25-16-5-3-14(19)4-6-16/h3-6,13H,2,7-12H2,1H3. The smallest absolute Gasteiger partial charge is 0.409 e. The molecule has 0 aliphatic carbocycles. The maximum Gasteiger partial charge on any atom is 0.409 e. The summed E-state index contributed by atoms with van der Waals surface area (Å²) < 4.78 is 23.5. The number of hydrogen-bond acceptors (Lipinski definition) is 6.